The van der Waals surface area contributed by atoms with E-state index in [0.717, 1.165) is 5.56 Å². The van der Waals surface area contributed by atoms with Crippen molar-refractivity contribution in [2.45, 2.75) is 39.7 Å². The van der Waals surface area contributed by atoms with Gasteiger partial charge in [-0.1, -0.05) is 32.9 Å². The van der Waals surface area contributed by atoms with Crippen LogP contribution in [0.25, 0.3) is 10.2 Å². The van der Waals surface area contributed by atoms with Crippen molar-refractivity contribution >= 4 is 27.5 Å². The Balaban J connectivity index is 1.78. The molecule has 0 bridgehead atoms. The highest BCUT2D eigenvalue weighted by molar-refractivity contribution is 7.16. The molecule has 25 heavy (non-hydrogen) atoms. The van der Waals surface area contributed by atoms with Crippen LogP contribution in [0.3, 0.4) is 0 Å². The van der Waals surface area contributed by atoms with Crippen LogP contribution in [0.15, 0.2) is 40.8 Å². The molecule has 0 radical (unpaired) electrons. The van der Waals surface area contributed by atoms with E-state index in [9.17, 15) is 9.59 Å². The second-order valence-corrected chi connectivity index (χ2v) is 7.92. The number of aryl methyl sites for hydroxylation is 1. The third-order valence-corrected chi connectivity index (χ3v) is 4.84. The van der Waals surface area contributed by atoms with Crippen LogP contribution in [0.5, 0.6) is 5.75 Å². The maximum absolute atomic E-state index is 12.3. The molecule has 0 N–H and O–H groups in total. The lowest BCUT2D eigenvalue weighted by Crippen LogP contribution is -2.26. The number of fused-ring (bicyclic) bond motifs is 1. The fourth-order valence-electron chi connectivity index (χ4n) is 2.53. The van der Waals surface area contributed by atoms with Crippen LogP contribution in [0.1, 0.15) is 31.9 Å². The molecule has 0 spiro atoms. The van der Waals surface area contributed by atoms with Gasteiger partial charge in [-0.05, 0) is 41.0 Å². The zero-order valence-electron chi connectivity index (χ0n) is 14.7. The molecule has 0 saturated carbocycles. The Morgan fingerprint density at radius 2 is 2.04 bits per heavy atom. The molecule has 0 unspecified atom stereocenters. The topological polar surface area (TPSA) is 61.2 Å². The molecule has 0 aliphatic heterocycles. The number of hydrogen-bond acceptors (Lipinski definition) is 5. The first-order valence-corrected chi connectivity index (χ1v) is 8.88. The van der Waals surface area contributed by atoms with Crippen LogP contribution in [-0.2, 0) is 16.8 Å². The monoisotopic (exact) mass is 356 g/mol. The highest BCUT2D eigenvalue weighted by atomic mass is 32.1. The lowest BCUT2D eigenvalue weighted by Gasteiger charge is -2.20. The summed E-state index contributed by atoms with van der Waals surface area (Å²) in [6.07, 6.45) is 1.39. The summed E-state index contributed by atoms with van der Waals surface area (Å²) in [6, 6.07) is 7.50. The smallest absolute Gasteiger partial charge is 0.331 e. The molecule has 0 fully saturated rings. The molecule has 0 saturated heterocycles. The minimum Gasteiger partial charge on any atom is -0.425 e. The van der Waals surface area contributed by atoms with Gasteiger partial charge < -0.3 is 4.74 Å². The first kappa shape index (κ1) is 17.4. The fourth-order valence-corrected chi connectivity index (χ4v) is 3.25. The van der Waals surface area contributed by atoms with E-state index >= 15 is 0 Å². The number of carbonyl (C=O) groups is 1. The summed E-state index contributed by atoms with van der Waals surface area (Å²) in [5, 5.41) is 2.33. The van der Waals surface area contributed by atoms with Gasteiger partial charge in [0.25, 0.3) is 5.56 Å². The molecule has 5 nitrogen and oxygen atoms in total. The predicted octanol–water partition coefficient (Wildman–Crippen LogP) is 3.67. The summed E-state index contributed by atoms with van der Waals surface area (Å²) in [7, 11) is 0. The van der Waals surface area contributed by atoms with Crippen LogP contribution in [0, 0.1) is 6.92 Å². The Hall–Kier alpha value is -2.47. The molecule has 2 heterocycles. The number of nitrogens with zero attached hydrogens (tertiary/aromatic N) is 2. The molecular formula is C19H20N2O3S. The van der Waals surface area contributed by atoms with Crippen molar-refractivity contribution in [3.63, 3.8) is 0 Å². The molecule has 2 aromatic heterocycles. The Morgan fingerprint density at radius 3 is 2.72 bits per heavy atom. The van der Waals surface area contributed by atoms with Gasteiger partial charge in [-0.15, -0.1) is 11.3 Å². The first-order chi connectivity index (χ1) is 11.8. The maximum atomic E-state index is 12.3. The molecule has 0 aliphatic rings. The van der Waals surface area contributed by atoms with Gasteiger partial charge in [0.1, 0.15) is 17.1 Å². The van der Waals surface area contributed by atoms with E-state index in [0.29, 0.717) is 16.0 Å². The van der Waals surface area contributed by atoms with Gasteiger partial charge in [-0.3, -0.25) is 9.36 Å². The van der Waals surface area contributed by atoms with Gasteiger partial charge in [-0.2, -0.15) is 0 Å². The predicted molar refractivity (Wildman–Crippen MR) is 99.4 cm³/mol. The summed E-state index contributed by atoms with van der Waals surface area (Å²) < 4.78 is 6.72. The van der Waals surface area contributed by atoms with E-state index in [1.807, 2.05) is 24.4 Å². The highest BCUT2D eigenvalue weighted by Crippen LogP contribution is 2.27. The van der Waals surface area contributed by atoms with Crippen molar-refractivity contribution in [2.24, 2.45) is 0 Å². The number of ether oxygens (including phenoxy) is 1. The Labute approximate surface area is 149 Å². The minimum atomic E-state index is -0.495. The molecule has 0 aliphatic carbocycles. The number of esters is 1. The van der Waals surface area contributed by atoms with E-state index in [2.05, 4.69) is 25.8 Å². The summed E-state index contributed by atoms with van der Waals surface area (Å²) in [5.41, 5.74) is 1.86. The van der Waals surface area contributed by atoms with Crippen molar-refractivity contribution in [1.82, 2.24) is 9.55 Å². The van der Waals surface area contributed by atoms with Crippen LogP contribution in [-0.4, -0.2) is 15.5 Å². The third kappa shape index (κ3) is 3.64. The Morgan fingerprint density at radius 1 is 1.28 bits per heavy atom. The van der Waals surface area contributed by atoms with Gasteiger partial charge in [0, 0.05) is 0 Å². The summed E-state index contributed by atoms with van der Waals surface area (Å²) in [4.78, 5) is 29.4. The van der Waals surface area contributed by atoms with Crippen LogP contribution < -0.4 is 10.3 Å². The summed E-state index contributed by atoms with van der Waals surface area (Å²) in [6.45, 7) is 8.13. The van der Waals surface area contributed by atoms with E-state index in [4.69, 9.17) is 4.74 Å². The van der Waals surface area contributed by atoms with Gasteiger partial charge in [-0.25, -0.2) is 9.78 Å². The van der Waals surface area contributed by atoms with E-state index in [-0.39, 0.29) is 17.5 Å². The minimum absolute atomic E-state index is 0.0300. The lowest BCUT2D eigenvalue weighted by atomic mass is 9.86. The summed E-state index contributed by atoms with van der Waals surface area (Å²) in [5.74, 6) is 0.0145. The third-order valence-electron chi connectivity index (χ3n) is 4.01. The van der Waals surface area contributed by atoms with Gasteiger partial charge >= 0.3 is 5.97 Å². The number of carbonyl (C=O) groups excluding carboxylic acids is 1. The Bertz CT molecular complexity index is 996. The molecular weight excluding hydrogens is 336 g/mol. The number of aromatic nitrogens is 2. The molecule has 3 aromatic rings. The highest BCUT2D eigenvalue weighted by Gasteiger charge is 2.16. The van der Waals surface area contributed by atoms with E-state index < -0.39 is 5.97 Å². The zero-order valence-corrected chi connectivity index (χ0v) is 15.5. The molecule has 3 rings (SSSR count). The SMILES string of the molecule is Cc1cc(C(C)(C)C)ccc1OC(=O)Cn1cnc2sccc2c1=O. The second-order valence-electron chi connectivity index (χ2n) is 7.02. The quantitative estimate of drug-likeness (QED) is 0.531. The van der Waals surface area contributed by atoms with Crippen LogP contribution >= 0.6 is 11.3 Å². The first-order valence-electron chi connectivity index (χ1n) is 8.00. The molecule has 0 amide bonds. The fraction of sp³-hybridized carbons (Fsp3) is 0.316. The van der Waals surface area contributed by atoms with Crippen molar-refractivity contribution in [1.29, 1.82) is 0 Å². The molecule has 1 aromatic carbocycles. The average molecular weight is 356 g/mol. The van der Waals surface area contributed by atoms with Crippen molar-refractivity contribution in [3.8, 4) is 5.75 Å². The zero-order chi connectivity index (χ0) is 18.2. The number of benzene rings is 1. The van der Waals surface area contributed by atoms with Gasteiger partial charge in [0.2, 0.25) is 0 Å². The number of hydrogen-bond donors (Lipinski definition) is 0. The normalized spacial score (nSPS) is 11.7. The van der Waals surface area contributed by atoms with Crippen molar-refractivity contribution < 1.29 is 9.53 Å². The lowest BCUT2D eigenvalue weighted by molar-refractivity contribution is -0.135. The van der Waals surface area contributed by atoms with E-state index in [1.165, 1.54) is 27.8 Å². The second kappa shape index (κ2) is 6.44. The van der Waals surface area contributed by atoms with Gasteiger partial charge in [0.05, 0.1) is 11.7 Å². The van der Waals surface area contributed by atoms with Gasteiger partial charge in [0.15, 0.2) is 0 Å². The standard InChI is InChI=1S/C19H20N2O3S/c1-12-9-13(19(2,3)4)5-6-15(12)24-16(22)10-21-11-20-17-14(18(21)23)7-8-25-17/h5-9,11H,10H2,1-4H3. The molecule has 130 valence electrons. The van der Waals surface area contributed by atoms with Crippen molar-refractivity contribution in [2.75, 3.05) is 0 Å². The average Bonchev–Trinajstić information content (AvgIpc) is 3.00. The molecule has 0 atom stereocenters. The van der Waals surface area contributed by atoms with Crippen molar-refractivity contribution in [3.05, 3.63) is 57.5 Å². The molecule has 6 heteroatoms. The Kier molecular flexibility index (Phi) is 4.47. The number of thiophene rings is 1. The van der Waals surface area contributed by atoms with Crippen LogP contribution in [0.4, 0.5) is 0 Å². The summed E-state index contributed by atoms with van der Waals surface area (Å²) >= 11 is 1.40. The van der Waals surface area contributed by atoms with Crippen LogP contribution in [0.2, 0.25) is 0 Å². The van der Waals surface area contributed by atoms with E-state index in [1.54, 1.807) is 12.1 Å². The number of rotatable bonds is 3. The maximum Gasteiger partial charge on any atom is 0.331 e. The largest absolute Gasteiger partial charge is 0.425 e.